The van der Waals surface area contributed by atoms with Crippen molar-refractivity contribution in [2.45, 2.75) is 10.9 Å². The largest absolute Gasteiger partial charge is 0.270 e. The zero-order chi connectivity index (χ0) is 18.6. The average molecular weight is 412 g/mol. The second-order valence-electron chi connectivity index (χ2n) is 5.87. The molecular weight excluding hydrogens is 397 g/mol. The number of para-hydroxylation sites is 1. The van der Waals surface area contributed by atoms with E-state index in [4.69, 9.17) is 23.2 Å². The Bertz CT molecular complexity index is 1050. The lowest BCUT2D eigenvalue weighted by molar-refractivity contribution is 0.886. The molecule has 0 unspecified atom stereocenters. The van der Waals surface area contributed by atoms with E-state index in [1.807, 2.05) is 60.7 Å². The Hall–Kier alpha value is -2.27. The van der Waals surface area contributed by atoms with Crippen molar-refractivity contribution in [3.63, 3.8) is 0 Å². The first-order chi connectivity index (χ1) is 13.2. The van der Waals surface area contributed by atoms with Crippen molar-refractivity contribution in [2.24, 2.45) is 0 Å². The number of benzene rings is 3. The smallest absolute Gasteiger partial charge is 0.196 e. The van der Waals surface area contributed by atoms with Crippen molar-refractivity contribution < 1.29 is 0 Å². The summed E-state index contributed by atoms with van der Waals surface area (Å²) >= 11 is 13.9. The fraction of sp³-hybridized carbons (Fsp3) is 0.0476. The molecule has 134 valence electrons. The Balaban J connectivity index is 1.71. The van der Waals surface area contributed by atoms with Crippen LogP contribution >= 0.6 is 35.0 Å². The Kier molecular flexibility index (Phi) is 5.48. The highest BCUT2D eigenvalue weighted by Crippen LogP contribution is 2.31. The second-order valence-corrected chi connectivity index (χ2v) is 7.65. The predicted molar refractivity (Wildman–Crippen MR) is 113 cm³/mol. The maximum atomic E-state index is 6.31. The third kappa shape index (κ3) is 4.03. The van der Waals surface area contributed by atoms with Crippen molar-refractivity contribution in [1.29, 1.82) is 0 Å². The van der Waals surface area contributed by atoms with E-state index in [2.05, 4.69) is 26.9 Å². The highest BCUT2D eigenvalue weighted by atomic mass is 35.5. The van der Waals surface area contributed by atoms with E-state index in [1.165, 1.54) is 0 Å². The van der Waals surface area contributed by atoms with Gasteiger partial charge < -0.3 is 0 Å². The van der Waals surface area contributed by atoms with E-state index in [0.29, 0.717) is 15.8 Å². The molecule has 0 aliphatic rings. The van der Waals surface area contributed by atoms with Crippen LogP contribution in [-0.4, -0.2) is 14.8 Å². The van der Waals surface area contributed by atoms with Crippen LogP contribution in [0.4, 0.5) is 0 Å². The molecule has 4 aromatic rings. The minimum absolute atomic E-state index is 0.632. The zero-order valence-corrected chi connectivity index (χ0v) is 16.5. The van der Waals surface area contributed by atoms with Gasteiger partial charge in [0.15, 0.2) is 11.0 Å². The number of nitrogens with zero attached hydrogens (tertiary/aromatic N) is 3. The van der Waals surface area contributed by atoms with Gasteiger partial charge in [0.25, 0.3) is 0 Å². The van der Waals surface area contributed by atoms with E-state index in [-0.39, 0.29) is 0 Å². The zero-order valence-electron chi connectivity index (χ0n) is 14.2. The summed E-state index contributed by atoms with van der Waals surface area (Å²) in [5, 5.41) is 11.0. The van der Waals surface area contributed by atoms with E-state index >= 15 is 0 Å². The molecule has 6 heteroatoms. The summed E-state index contributed by atoms with van der Waals surface area (Å²) in [5.41, 5.74) is 3.05. The fourth-order valence-electron chi connectivity index (χ4n) is 2.73. The van der Waals surface area contributed by atoms with Gasteiger partial charge >= 0.3 is 0 Å². The van der Waals surface area contributed by atoms with Crippen molar-refractivity contribution in [2.75, 3.05) is 0 Å². The molecule has 0 N–H and O–H groups in total. The molecule has 1 aromatic heterocycles. The molecule has 1 heterocycles. The number of rotatable bonds is 5. The van der Waals surface area contributed by atoms with Crippen LogP contribution in [0, 0.1) is 0 Å². The maximum absolute atomic E-state index is 6.31. The molecule has 27 heavy (non-hydrogen) atoms. The summed E-state index contributed by atoms with van der Waals surface area (Å²) in [6.07, 6.45) is 0. The minimum atomic E-state index is 0.632. The van der Waals surface area contributed by atoms with Crippen LogP contribution in [0.25, 0.3) is 17.1 Å². The average Bonchev–Trinajstić information content (AvgIpc) is 3.12. The number of hydrogen-bond acceptors (Lipinski definition) is 3. The van der Waals surface area contributed by atoms with Crippen LogP contribution in [0.15, 0.2) is 84.0 Å². The van der Waals surface area contributed by atoms with Crippen molar-refractivity contribution in [3.8, 4) is 17.1 Å². The summed E-state index contributed by atoms with van der Waals surface area (Å²) < 4.78 is 2.07. The van der Waals surface area contributed by atoms with E-state index in [0.717, 1.165) is 27.8 Å². The van der Waals surface area contributed by atoms with Gasteiger partial charge in [-0.15, -0.1) is 10.2 Å². The highest BCUT2D eigenvalue weighted by molar-refractivity contribution is 7.98. The molecular formula is C21H15Cl2N3S. The summed E-state index contributed by atoms with van der Waals surface area (Å²) in [6, 6.07) is 25.7. The third-order valence-electron chi connectivity index (χ3n) is 4.05. The number of halogens is 2. The van der Waals surface area contributed by atoms with Gasteiger partial charge in [-0.1, -0.05) is 89.6 Å². The molecule has 0 aliphatic carbocycles. The molecule has 3 nitrogen and oxygen atoms in total. The van der Waals surface area contributed by atoms with Crippen molar-refractivity contribution >= 4 is 35.0 Å². The normalized spacial score (nSPS) is 10.9. The van der Waals surface area contributed by atoms with Gasteiger partial charge in [0.05, 0.1) is 0 Å². The Morgan fingerprint density at radius 1 is 0.815 bits per heavy atom. The number of thioether (sulfide) groups is 1. The van der Waals surface area contributed by atoms with Crippen LogP contribution in [0.2, 0.25) is 10.0 Å². The first-order valence-electron chi connectivity index (χ1n) is 8.35. The lowest BCUT2D eigenvalue weighted by Gasteiger charge is -2.10. The van der Waals surface area contributed by atoms with Gasteiger partial charge in [-0.25, -0.2) is 0 Å². The number of aromatic nitrogens is 3. The van der Waals surface area contributed by atoms with Crippen LogP contribution in [0.1, 0.15) is 5.56 Å². The lowest BCUT2D eigenvalue weighted by atomic mass is 10.2. The standard InChI is InChI=1S/C21H15Cl2N3S/c22-17-12-11-16(19(23)13-17)14-27-21-25-24-20(15-7-3-1-4-8-15)26(21)18-9-5-2-6-10-18/h1-13H,14H2. The van der Waals surface area contributed by atoms with Gasteiger partial charge in [0, 0.05) is 27.0 Å². The Labute approximate surface area is 172 Å². The molecule has 0 bridgehead atoms. The maximum Gasteiger partial charge on any atom is 0.196 e. The molecule has 3 aromatic carbocycles. The van der Waals surface area contributed by atoms with Crippen LogP contribution in [0.5, 0.6) is 0 Å². The number of hydrogen-bond donors (Lipinski definition) is 0. The Morgan fingerprint density at radius 2 is 1.52 bits per heavy atom. The highest BCUT2D eigenvalue weighted by Gasteiger charge is 2.16. The van der Waals surface area contributed by atoms with Gasteiger partial charge in [0.1, 0.15) is 0 Å². The molecule has 4 rings (SSSR count). The van der Waals surface area contributed by atoms with Gasteiger partial charge in [-0.3, -0.25) is 4.57 Å². The molecule has 0 amide bonds. The minimum Gasteiger partial charge on any atom is -0.270 e. The molecule has 0 aliphatic heterocycles. The van der Waals surface area contributed by atoms with Gasteiger partial charge in [-0.2, -0.15) is 0 Å². The molecule has 0 spiro atoms. The van der Waals surface area contributed by atoms with Gasteiger partial charge in [0.2, 0.25) is 0 Å². The molecule has 0 atom stereocenters. The monoisotopic (exact) mass is 411 g/mol. The first-order valence-corrected chi connectivity index (χ1v) is 10.1. The molecule has 0 saturated carbocycles. The molecule has 0 saturated heterocycles. The first kappa shape index (κ1) is 18.1. The third-order valence-corrected chi connectivity index (χ3v) is 5.62. The summed E-state index contributed by atoms with van der Waals surface area (Å²) in [4.78, 5) is 0. The van der Waals surface area contributed by atoms with Crippen molar-refractivity contribution in [3.05, 3.63) is 94.5 Å². The lowest BCUT2D eigenvalue weighted by Crippen LogP contribution is -1.99. The quantitative estimate of drug-likeness (QED) is 0.349. The van der Waals surface area contributed by atoms with Crippen LogP contribution in [-0.2, 0) is 5.75 Å². The second kappa shape index (κ2) is 8.17. The predicted octanol–water partition coefficient (Wildman–Crippen LogP) is 6.53. The molecule has 0 fully saturated rings. The van der Waals surface area contributed by atoms with Crippen molar-refractivity contribution in [1.82, 2.24) is 14.8 Å². The summed E-state index contributed by atoms with van der Waals surface area (Å²) in [5.74, 6) is 1.49. The summed E-state index contributed by atoms with van der Waals surface area (Å²) in [7, 11) is 0. The Morgan fingerprint density at radius 3 is 2.22 bits per heavy atom. The van der Waals surface area contributed by atoms with Crippen LogP contribution < -0.4 is 0 Å². The molecule has 0 radical (unpaired) electrons. The van der Waals surface area contributed by atoms with E-state index in [9.17, 15) is 0 Å². The SMILES string of the molecule is Clc1ccc(CSc2nnc(-c3ccccc3)n2-c2ccccc2)c(Cl)c1. The van der Waals surface area contributed by atoms with Gasteiger partial charge in [-0.05, 0) is 29.8 Å². The van der Waals surface area contributed by atoms with E-state index in [1.54, 1.807) is 17.8 Å². The van der Waals surface area contributed by atoms with Crippen LogP contribution in [0.3, 0.4) is 0 Å². The summed E-state index contributed by atoms with van der Waals surface area (Å²) in [6.45, 7) is 0. The fourth-order valence-corrected chi connectivity index (χ4v) is 4.24. The van der Waals surface area contributed by atoms with E-state index < -0.39 is 0 Å². The topological polar surface area (TPSA) is 30.7 Å².